The number of aliphatic imine (C=N–C) groups is 1. The lowest BCUT2D eigenvalue weighted by molar-refractivity contribution is 1.49. The largest absolute Gasteiger partial charge is 0.264 e. The molecule has 1 rings (SSSR count). The minimum atomic E-state index is 0.960. The van der Waals surface area contributed by atoms with Gasteiger partial charge in [0.2, 0.25) is 0 Å². The summed E-state index contributed by atoms with van der Waals surface area (Å²) in [6.45, 7) is 7.72. The topological polar surface area (TPSA) is 12.4 Å². The molecule has 0 fully saturated rings. The second kappa shape index (κ2) is 5.18. The smallest absolute Gasteiger partial charge is 0.0303 e. The fourth-order valence-corrected chi connectivity index (χ4v) is 1.05. The minimum absolute atomic E-state index is 0.960. The molecule has 14 heavy (non-hydrogen) atoms. The van der Waals surface area contributed by atoms with Crippen LogP contribution in [-0.4, -0.2) is 6.21 Å². The lowest BCUT2D eigenvalue weighted by Gasteiger charge is -1.97. The van der Waals surface area contributed by atoms with E-state index < -0.39 is 0 Å². The number of hydrogen-bond donors (Lipinski definition) is 0. The molecule has 0 bridgehead atoms. The summed E-state index contributed by atoms with van der Waals surface area (Å²) < 4.78 is 0. The fourth-order valence-electron chi connectivity index (χ4n) is 1.05. The molecule has 0 saturated heterocycles. The van der Waals surface area contributed by atoms with Crippen molar-refractivity contribution in [3.05, 3.63) is 54.2 Å². The summed E-state index contributed by atoms with van der Waals surface area (Å²) in [6, 6.07) is 10.2. The van der Waals surface area contributed by atoms with Crippen LogP contribution in [0.3, 0.4) is 0 Å². The van der Waals surface area contributed by atoms with Gasteiger partial charge in [0.25, 0.3) is 0 Å². The molecule has 0 N–H and O–H groups in total. The summed E-state index contributed by atoms with van der Waals surface area (Å²) in [6.07, 6.45) is 3.61. The first-order valence-electron chi connectivity index (χ1n) is 4.61. The van der Waals surface area contributed by atoms with Crippen molar-refractivity contribution in [2.24, 2.45) is 4.99 Å². The summed E-state index contributed by atoms with van der Waals surface area (Å²) in [5.74, 6) is 0. The Hall–Kier alpha value is -1.63. The Bertz CT molecular complexity index is 358. The third kappa shape index (κ3) is 3.40. The van der Waals surface area contributed by atoms with Crippen molar-refractivity contribution in [2.45, 2.75) is 13.8 Å². The van der Waals surface area contributed by atoms with Crippen molar-refractivity contribution in [1.82, 2.24) is 0 Å². The average molecular weight is 185 g/mol. The zero-order valence-electron chi connectivity index (χ0n) is 8.70. The predicted molar refractivity (Wildman–Crippen MR) is 63.4 cm³/mol. The molecule has 72 valence electrons. The quantitative estimate of drug-likeness (QED) is 0.637. The van der Waals surface area contributed by atoms with Gasteiger partial charge in [0.15, 0.2) is 0 Å². The number of rotatable bonds is 3. The van der Waals surface area contributed by atoms with E-state index in [2.05, 4.69) is 23.7 Å². The lowest BCUT2D eigenvalue weighted by atomic mass is 10.1. The predicted octanol–water partition coefficient (Wildman–Crippen LogP) is 3.69. The molecule has 0 spiro atoms. The first kappa shape index (κ1) is 10.5. The first-order chi connectivity index (χ1) is 6.70. The van der Waals surface area contributed by atoms with Gasteiger partial charge in [-0.15, -0.1) is 0 Å². The van der Waals surface area contributed by atoms with Crippen LogP contribution in [-0.2, 0) is 0 Å². The highest BCUT2D eigenvalue weighted by atomic mass is 14.7. The molecule has 0 heterocycles. The van der Waals surface area contributed by atoms with E-state index in [0.29, 0.717) is 0 Å². The van der Waals surface area contributed by atoms with Gasteiger partial charge in [0.05, 0.1) is 0 Å². The summed E-state index contributed by atoms with van der Waals surface area (Å²) >= 11 is 0. The monoisotopic (exact) mass is 185 g/mol. The number of nitrogens with zero attached hydrogens (tertiary/aromatic N) is 1. The molecular formula is C13H15N. The van der Waals surface area contributed by atoms with E-state index in [4.69, 9.17) is 0 Å². The lowest BCUT2D eigenvalue weighted by Crippen LogP contribution is -1.77. The molecule has 0 saturated carbocycles. The van der Waals surface area contributed by atoms with E-state index in [1.165, 1.54) is 5.56 Å². The van der Waals surface area contributed by atoms with Crippen molar-refractivity contribution < 1.29 is 0 Å². The molecule has 0 unspecified atom stereocenters. The second-order valence-electron chi connectivity index (χ2n) is 3.30. The highest BCUT2D eigenvalue weighted by Gasteiger charge is 1.90. The summed E-state index contributed by atoms with van der Waals surface area (Å²) in [5.41, 5.74) is 3.32. The van der Waals surface area contributed by atoms with Gasteiger partial charge in [-0.25, -0.2) is 0 Å². The van der Waals surface area contributed by atoms with Crippen molar-refractivity contribution in [2.75, 3.05) is 0 Å². The molecular weight excluding hydrogens is 170 g/mol. The maximum Gasteiger partial charge on any atom is 0.0303 e. The standard InChI is InChI=1S/C13H15N/c1-11(2)9-14-10-12(3)13-7-5-4-6-8-13/h4-10H,1H2,2-3H3/b12-10+,14-9?. The van der Waals surface area contributed by atoms with Crippen LogP contribution < -0.4 is 0 Å². The van der Waals surface area contributed by atoms with Crippen molar-refractivity contribution in [3.63, 3.8) is 0 Å². The van der Waals surface area contributed by atoms with Crippen LogP contribution in [0, 0.1) is 0 Å². The van der Waals surface area contributed by atoms with Gasteiger partial charge in [-0.2, -0.15) is 0 Å². The maximum absolute atomic E-state index is 4.16. The zero-order valence-corrected chi connectivity index (χ0v) is 8.70. The van der Waals surface area contributed by atoms with Crippen LogP contribution in [0.1, 0.15) is 19.4 Å². The molecule has 0 aliphatic heterocycles. The van der Waals surface area contributed by atoms with Gasteiger partial charge in [-0.05, 0) is 30.6 Å². The molecule has 1 heteroatoms. The van der Waals surface area contributed by atoms with E-state index in [-0.39, 0.29) is 0 Å². The SMILES string of the molecule is C=C(C)C=N/C=C(\C)c1ccccc1. The molecule has 0 aliphatic rings. The molecule has 0 aliphatic carbocycles. The average Bonchev–Trinajstić information content (AvgIpc) is 2.18. The number of hydrogen-bond acceptors (Lipinski definition) is 1. The van der Waals surface area contributed by atoms with E-state index in [1.807, 2.05) is 38.2 Å². The molecule has 0 atom stereocenters. The van der Waals surface area contributed by atoms with Gasteiger partial charge in [0.1, 0.15) is 0 Å². The van der Waals surface area contributed by atoms with Crippen molar-refractivity contribution in [1.29, 1.82) is 0 Å². The maximum atomic E-state index is 4.16. The summed E-state index contributed by atoms with van der Waals surface area (Å²) in [7, 11) is 0. The second-order valence-corrected chi connectivity index (χ2v) is 3.30. The molecule has 1 aromatic rings. The Morgan fingerprint density at radius 3 is 2.43 bits per heavy atom. The highest BCUT2D eigenvalue weighted by molar-refractivity contribution is 5.78. The highest BCUT2D eigenvalue weighted by Crippen LogP contribution is 2.12. The fraction of sp³-hybridized carbons (Fsp3) is 0.154. The zero-order chi connectivity index (χ0) is 10.4. The van der Waals surface area contributed by atoms with Crippen LogP contribution in [0.4, 0.5) is 0 Å². The minimum Gasteiger partial charge on any atom is -0.264 e. The van der Waals surface area contributed by atoms with Crippen LogP contribution in [0.2, 0.25) is 0 Å². The van der Waals surface area contributed by atoms with Gasteiger partial charge in [-0.3, -0.25) is 4.99 Å². The Morgan fingerprint density at radius 1 is 1.21 bits per heavy atom. The third-order valence-electron chi connectivity index (χ3n) is 1.79. The van der Waals surface area contributed by atoms with Crippen LogP contribution in [0.25, 0.3) is 5.57 Å². The van der Waals surface area contributed by atoms with Crippen LogP contribution in [0.15, 0.2) is 53.7 Å². The normalized spacial score (nSPS) is 12.0. The molecule has 1 aromatic carbocycles. The Labute approximate surface area is 85.5 Å². The van der Waals surface area contributed by atoms with Crippen LogP contribution in [0.5, 0.6) is 0 Å². The van der Waals surface area contributed by atoms with Gasteiger partial charge in [-0.1, -0.05) is 36.9 Å². The third-order valence-corrected chi connectivity index (χ3v) is 1.79. The van der Waals surface area contributed by atoms with Gasteiger partial charge < -0.3 is 0 Å². The number of benzene rings is 1. The summed E-state index contributed by atoms with van der Waals surface area (Å²) in [5, 5.41) is 0. The summed E-state index contributed by atoms with van der Waals surface area (Å²) in [4.78, 5) is 4.16. The molecule has 0 amide bonds. The van der Waals surface area contributed by atoms with Gasteiger partial charge >= 0.3 is 0 Å². The number of allylic oxidation sites excluding steroid dienone is 2. The molecule has 0 aromatic heterocycles. The van der Waals surface area contributed by atoms with E-state index in [9.17, 15) is 0 Å². The van der Waals surface area contributed by atoms with E-state index >= 15 is 0 Å². The van der Waals surface area contributed by atoms with Crippen molar-refractivity contribution >= 4 is 11.8 Å². The van der Waals surface area contributed by atoms with Crippen LogP contribution >= 0.6 is 0 Å². The Kier molecular flexibility index (Phi) is 3.86. The first-order valence-corrected chi connectivity index (χ1v) is 4.61. The Morgan fingerprint density at radius 2 is 1.86 bits per heavy atom. The molecule has 1 nitrogen and oxygen atoms in total. The van der Waals surface area contributed by atoms with Crippen molar-refractivity contribution in [3.8, 4) is 0 Å². The van der Waals surface area contributed by atoms with E-state index in [1.54, 1.807) is 6.21 Å². The Balaban J connectivity index is 2.75. The molecule has 0 radical (unpaired) electrons. The van der Waals surface area contributed by atoms with Gasteiger partial charge in [0, 0.05) is 12.4 Å². The van der Waals surface area contributed by atoms with E-state index in [0.717, 1.165) is 11.1 Å².